The van der Waals surface area contributed by atoms with E-state index in [2.05, 4.69) is 10.3 Å². The summed E-state index contributed by atoms with van der Waals surface area (Å²) in [6.45, 7) is 0. The number of ether oxygens (including phenoxy) is 1. The lowest BCUT2D eigenvalue weighted by molar-refractivity contribution is -0.141. The van der Waals surface area contributed by atoms with E-state index in [1.807, 2.05) is 24.3 Å². The van der Waals surface area contributed by atoms with Crippen LogP contribution in [0.15, 0.2) is 48.5 Å². The third-order valence-corrected chi connectivity index (χ3v) is 4.69. The minimum atomic E-state index is -0.574. The van der Waals surface area contributed by atoms with Gasteiger partial charge in [0.2, 0.25) is 0 Å². The number of amides is 1. The normalized spacial score (nSPS) is 12.0. The maximum absolute atomic E-state index is 12.8. The fraction of sp³-hybridized carbons (Fsp3) is 0.158. The van der Waals surface area contributed by atoms with Crippen molar-refractivity contribution in [2.75, 3.05) is 7.11 Å². The third kappa shape index (κ3) is 3.84. The number of benzene rings is 2. The van der Waals surface area contributed by atoms with Crippen LogP contribution in [0.4, 0.5) is 0 Å². The first kappa shape index (κ1) is 18.3. The van der Waals surface area contributed by atoms with Crippen molar-refractivity contribution in [2.24, 2.45) is 0 Å². The molecular weight excluding hydrogens is 375 g/mol. The summed E-state index contributed by atoms with van der Waals surface area (Å²) in [6.07, 6.45) is -0.0122. The summed E-state index contributed by atoms with van der Waals surface area (Å²) in [5.41, 5.74) is 1.75. The highest BCUT2D eigenvalue weighted by atomic mass is 35.5. The van der Waals surface area contributed by atoms with Crippen LogP contribution in [0.5, 0.6) is 0 Å². The maximum atomic E-state index is 12.8. The Kier molecular flexibility index (Phi) is 5.49. The van der Waals surface area contributed by atoms with Crippen LogP contribution in [-0.2, 0) is 9.53 Å². The predicted octanol–water partition coefficient (Wildman–Crippen LogP) is 4.51. The van der Waals surface area contributed by atoms with Gasteiger partial charge >= 0.3 is 5.97 Å². The van der Waals surface area contributed by atoms with Gasteiger partial charge in [0, 0.05) is 15.9 Å². The van der Waals surface area contributed by atoms with Gasteiger partial charge in [0.25, 0.3) is 5.91 Å². The molecule has 1 amide bonds. The van der Waals surface area contributed by atoms with Crippen molar-refractivity contribution in [1.82, 2.24) is 10.3 Å². The summed E-state index contributed by atoms with van der Waals surface area (Å²) in [5, 5.41) is 4.50. The van der Waals surface area contributed by atoms with Gasteiger partial charge in [0.05, 0.1) is 24.6 Å². The minimum absolute atomic E-state index is 0.0122. The second-order valence-electron chi connectivity index (χ2n) is 5.72. The van der Waals surface area contributed by atoms with E-state index in [0.717, 1.165) is 16.5 Å². The summed E-state index contributed by atoms with van der Waals surface area (Å²) < 4.78 is 4.73. The van der Waals surface area contributed by atoms with Crippen LogP contribution >= 0.6 is 23.2 Å². The molecule has 1 aromatic heterocycles. The molecule has 7 heteroatoms. The summed E-state index contributed by atoms with van der Waals surface area (Å²) in [4.78, 5) is 27.5. The van der Waals surface area contributed by atoms with Crippen LogP contribution in [-0.4, -0.2) is 24.0 Å². The van der Waals surface area contributed by atoms with E-state index in [1.165, 1.54) is 7.11 Å². The third-order valence-electron chi connectivity index (χ3n) is 4.05. The van der Waals surface area contributed by atoms with Crippen molar-refractivity contribution < 1.29 is 14.3 Å². The van der Waals surface area contributed by atoms with Crippen molar-refractivity contribution in [1.29, 1.82) is 0 Å². The van der Waals surface area contributed by atoms with E-state index in [9.17, 15) is 9.59 Å². The molecule has 0 bridgehead atoms. The average molecular weight is 391 g/mol. The van der Waals surface area contributed by atoms with Crippen LogP contribution in [0.1, 0.15) is 28.5 Å². The first-order chi connectivity index (χ1) is 12.5. The molecule has 134 valence electrons. The van der Waals surface area contributed by atoms with Gasteiger partial charge in [0.1, 0.15) is 5.69 Å². The van der Waals surface area contributed by atoms with Crippen molar-refractivity contribution >= 4 is 46.0 Å². The molecule has 5 nitrogen and oxygen atoms in total. The molecule has 0 saturated carbocycles. The van der Waals surface area contributed by atoms with E-state index in [4.69, 9.17) is 27.9 Å². The number of hydrogen-bond acceptors (Lipinski definition) is 3. The van der Waals surface area contributed by atoms with Gasteiger partial charge in [-0.15, -0.1) is 0 Å². The van der Waals surface area contributed by atoms with Gasteiger partial charge in [-0.05, 0) is 23.8 Å². The Balaban J connectivity index is 1.89. The molecule has 1 heterocycles. The van der Waals surface area contributed by atoms with Crippen molar-refractivity contribution in [2.45, 2.75) is 12.5 Å². The first-order valence-corrected chi connectivity index (χ1v) is 8.64. The number of nitrogens with one attached hydrogen (secondary N) is 2. The molecule has 0 saturated heterocycles. The molecule has 1 atom stereocenters. The van der Waals surface area contributed by atoms with Crippen LogP contribution in [0.2, 0.25) is 10.0 Å². The number of carbonyl (C=O) groups excluding carboxylic acids is 2. The standard InChI is InChI=1S/C19H16Cl2N2O3/c1-26-16(24)10-15(11-6-8-12(20)9-7-11)23-19(25)18-17(21)13-4-2-3-5-14(13)22-18/h2-9,15,22H,10H2,1H3,(H,23,25). The van der Waals surface area contributed by atoms with Gasteiger partial charge in [-0.25, -0.2) is 0 Å². The number of halogens is 2. The molecule has 3 rings (SSSR count). The zero-order valence-corrected chi connectivity index (χ0v) is 15.4. The lowest BCUT2D eigenvalue weighted by atomic mass is 10.0. The molecule has 0 aliphatic carbocycles. The number of aromatic amines is 1. The second kappa shape index (κ2) is 7.81. The van der Waals surface area contributed by atoms with Crippen molar-refractivity contribution in [3.63, 3.8) is 0 Å². The molecule has 3 aromatic rings. The molecule has 26 heavy (non-hydrogen) atoms. The summed E-state index contributed by atoms with van der Waals surface area (Å²) >= 11 is 12.2. The quantitative estimate of drug-likeness (QED) is 0.629. The highest BCUT2D eigenvalue weighted by Crippen LogP contribution is 2.28. The Bertz CT molecular complexity index is 951. The van der Waals surface area contributed by atoms with E-state index >= 15 is 0 Å². The van der Waals surface area contributed by atoms with Crippen molar-refractivity contribution in [3.8, 4) is 0 Å². The van der Waals surface area contributed by atoms with Gasteiger partial charge in [-0.3, -0.25) is 9.59 Å². The molecule has 2 aromatic carbocycles. The number of carbonyl (C=O) groups is 2. The van der Waals surface area contributed by atoms with E-state index in [1.54, 1.807) is 24.3 Å². The van der Waals surface area contributed by atoms with E-state index in [0.29, 0.717) is 10.0 Å². The molecule has 1 unspecified atom stereocenters. The Morgan fingerprint density at radius 3 is 2.46 bits per heavy atom. The van der Waals surface area contributed by atoms with Gasteiger partial charge in [-0.2, -0.15) is 0 Å². The van der Waals surface area contributed by atoms with Crippen LogP contribution in [0.25, 0.3) is 10.9 Å². The van der Waals surface area contributed by atoms with E-state index < -0.39 is 17.9 Å². The fourth-order valence-corrected chi connectivity index (χ4v) is 3.12. The lowest BCUT2D eigenvalue weighted by Gasteiger charge is -2.18. The predicted molar refractivity (Wildman–Crippen MR) is 102 cm³/mol. The SMILES string of the molecule is COC(=O)CC(NC(=O)c1[nH]c2ccccc2c1Cl)c1ccc(Cl)cc1. The first-order valence-electron chi connectivity index (χ1n) is 7.89. The highest BCUT2D eigenvalue weighted by molar-refractivity contribution is 6.38. The molecule has 0 spiro atoms. The smallest absolute Gasteiger partial charge is 0.307 e. The molecular formula is C19H16Cl2N2O3. The van der Waals surface area contributed by atoms with Gasteiger partial charge in [0.15, 0.2) is 0 Å². The van der Waals surface area contributed by atoms with Gasteiger partial charge < -0.3 is 15.0 Å². The monoisotopic (exact) mass is 390 g/mol. The van der Waals surface area contributed by atoms with Gasteiger partial charge in [-0.1, -0.05) is 53.5 Å². The molecule has 0 aliphatic rings. The van der Waals surface area contributed by atoms with Crippen LogP contribution in [0.3, 0.4) is 0 Å². The molecule has 0 fully saturated rings. The average Bonchev–Trinajstić information content (AvgIpc) is 2.99. The Morgan fingerprint density at radius 2 is 1.81 bits per heavy atom. The molecule has 2 N–H and O–H groups in total. The summed E-state index contributed by atoms with van der Waals surface area (Å²) in [5.74, 6) is -0.844. The second-order valence-corrected chi connectivity index (χ2v) is 6.53. The number of fused-ring (bicyclic) bond motifs is 1. The van der Waals surface area contributed by atoms with Crippen LogP contribution in [0, 0.1) is 0 Å². The fourth-order valence-electron chi connectivity index (χ4n) is 2.69. The minimum Gasteiger partial charge on any atom is -0.469 e. The Morgan fingerprint density at radius 1 is 1.12 bits per heavy atom. The highest BCUT2D eigenvalue weighted by Gasteiger charge is 2.23. The zero-order chi connectivity index (χ0) is 18.7. The van der Waals surface area contributed by atoms with Crippen LogP contribution < -0.4 is 5.32 Å². The Labute approximate surface area is 160 Å². The molecule has 0 aliphatic heterocycles. The number of hydrogen-bond donors (Lipinski definition) is 2. The Hall–Kier alpha value is -2.50. The number of methoxy groups -OCH3 is 1. The number of H-pyrrole nitrogens is 1. The lowest BCUT2D eigenvalue weighted by Crippen LogP contribution is -2.30. The van der Waals surface area contributed by atoms with E-state index in [-0.39, 0.29) is 12.1 Å². The summed E-state index contributed by atoms with van der Waals surface area (Å²) in [6, 6.07) is 13.7. The number of esters is 1. The largest absolute Gasteiger partial charge is 0.469 e. The van der Waals surface area contributed by atoms with Crippen molar-refractivity contribution in [3.05, 3.63) is 69.8 Å². The number of aromatic nitrogens is 1. The number of rotatable bonds is 5. The number of para-hydroxylation sites is 1. The molecule has 0 radical (unpaired) electrons. The summed E-state index contributed by atoms with van der Waals surface area (Å²) in [7, 11) is 1.30. The topological polar surface area (TPSA) is 71.2 Å². The zero-order valence-electron chi connectivity index (χ0n) is 13.9. The maximum Gasteiger partial charge on any atom is 0.307 e.